The van der Waals surface area contributed by atoms with Crippen LogP contribution in [0.1, 0.15) is 23.7 Å². The molecule has 5 rings (SSSR count). The average Bonchev–Trinajstić information content (AvgIpc) is 3.51. The lowest BCUT2D eigenvalue weighted by Gasteiger charge is -2.09. The maximum atomic E-state index is 12.8. The van der Waals surface area contributed by atoms with E-state index in [9.17, 15) is 14.4 Å². The molecule has 1 aliphatic rings. The molecular formula is C25H20N2O4. The van der Waals surface area contributed by atoms with E-state index < -0.39 is 0 Å². The number of carbonyl (C=O) groups is 2. The van der Waals surface area contributed by atoms with E-state index in [1.165, 1.54) is 0 Å². The molecule has 1 aliphatic carbocycles. The Morgan fingerprint density at radius 1 is 0.871 bits per heavy atom. The number of benzene rings is 3. The van der Waals surface area contributed by atoms with Crippen molar-refractivity contribution in [2.24, 2.45) is 11.8 Å². The van der Waals surface area contributed by atoms with Crippen LogP contribution < -0.4 is 16.1 Å². The number of rotatable bonds is 4. The summed E-state index contributed by atoms with van der Waals surface area (Å²) in [6.45, 7) is 2.04. The molecule has 4 aromatic rings. The van der Waals surface area contributed by atoms with Gasteiger partial charge in [-0.2, -0.15) is 0 Å². The van der Waals surface area contributed by atoms with Crippen LogP contribution in [0.25, 0.3) is 21.9 Å². The Labute approximate surface area is 177 Å². The van der Waals surface area contributed by atoms with Gasteiger partial charge in [-0.15, -0.1) is 0 Å². The number of para-hydroxylation sites is 1. The van der Waals surface area contributed by atoms with Gasteiger partial charge in [-0.3, -0.25) is 14.4 Å². The van der Waals surface area contributed by atoms with Crippen molar-refractivity contribution in [1.82, 2.24) is 0 Å². The summed E-state index contributed by atoms with van der Waals surface area (Å²) < 4.78 is 5.80. The van der Waals surface area contributed by atoms with Crippen molar-refractivity contribution in [3.8, 4) is 0 Å². The molecule has 0 aliphatic heterocycles. The van der Waals surface area contributed by atoms with E-state index in [-0.39, 0.29) is 23.2 Å². The number of carbonyl (C=O) groups excluding carboxylic acids is 2. The van der Waals surface area contributed by atoms with Crippen LogP contribution in [-0.2, 0) is 4.79 Å². The summed E-state index contributed by atoms with van der Waals surface area (Å²) >= 11 is 0. The Morgan fingerprint density at radius 2 is 1.61 bits per heavy atom. The second-order valence-electron chi connectivity index (χ2n) is 7.98. The minimum atomic E-state index is -0.333. The quantitative estimate of drug-likeness (QED) is 0.472. The fourth-order valence-electron chi connectivity index (χ4n) is 3.74. The molecule has 2 amide bonds. The number of fused-ring (bicyclic) bond motifs is 2. The SMILES string of the molecule is C[C@@H]1C[C@H]1C(=O)Nc1cccc(C(=O)Nc2ccc3oc4ccccc4c(=O)c3c2)c1. The summed E-state index contributed by atoms with van der Waals surface area (Å²) in [7, 11) is 0. The molecule has 0 bridgehead atoms. The van der Waals surface area contributed by atoms with Gasteiger partial charge in [0.25, 0.3) is 5.91 Å². The van der Waals surface area contributed by atoms with Gasteiger partial charge in [0.05, 0.1) is 10.8 Å². The summed E-state index contributed by atoms with van der Waals surface area (Å²) in [5.41, 5.74) is 2.32. The third-order valence-electron chi connectivity index (χ3n) is 5.67. The van der Waals surface area contributed by atoms with Gasteiger partial charge < -0.3 is 15.1 Å². The van der Waals surface area contributed by atoms with E-state index in [0.29, 0.717) is 44.8 Å². The molecule has 0 radical (unpaired) electrons. The molecule has 154 valence electrons. The Kier molecular flexibility index (Phi) is 4.55. The van der Waals surface area contributed by atoms with Crippen molar-refractivity contribution < 1.29 is 14.0 Å². The van der Waals surface area contributed by atoms with Gasteiger partial charge in [0.1, 0.15) is 11.2 Å². The Morgan fingerprint density at radius 3 is 2.42 bits per heavy atom. The standard InChI is InChI=1S/C25H20N2O4/c1-14-11-19(14)25(30)27-16-6-4-5-15(12-16)24(29)26-17-9-10-22-20(13-17)23(28)18-7-2-3-8-21(18)31-22/h2-10,12-14,19H,11H2,1H3,(H,26,29)(H,27,30)/t14-,19-/m1/s1. The van der Waals surface area contributed by atoms with Crippen molar-refractivity contribution in [2.45, 2.75) is 13.3 Å². The van der Waals surface area contributed by atoms with E-state index in [1.807, 2.05) is 13.0 Å². The number of hydrogen-bond donors (Lipinski definition) is 2. The monoisotopic (exact) mass is 412 g/mol. The second-order valence-corrected chi connectivity index (χ2v) is 7.98. The number of anilines is 2. The molecule has 31 heavy (non-hydrogen) atoms. The molecule has 1 saturated carbocycles. The molecule has 3 aromatic carbocycles. The maximum absolute atomic E-state index is 12.8. The molecule has 2 N–H and O–H groups in total. The van der Waals surface area contributed by atoms with Gasteiger partial charge in [0.2, 0.25) is 11.3 Å². The highest BCUT2D eigenvalue weighted by molar-refractivity contribution is 6.06. The van der Waals surface area contributed by atoms with Crippen LogP contribution in [-0.4, -0.2) is 11.8 Å². The first kappa shape index (κ1) is 19.1. The Bertz CT molecular complexity index is 1410. The lowest BCUT2D eigenvalue weighted by molar-refractivity contribution is -0.117. The third kappa shape index (κ3) is 3.68. The van der Waals surface area contributed by atoms with Crippen molar-refractivity contribution >= 4 is 45.1 Å². The molecule has 6 nitrogen and oxygen atoms in total. The zero-order valence-electron chi connectivity index (χ0n) is 16.8. The van der Waals surface area contributed by atoms with Gasteiger partial charge >= 0.3 is 0 Å². The van der Waals surface area contributed by atoms with E-state index in [4.69, 9.17) is 4.42 Å². The zero-order valence-corrected chi connectivity index (χ0v) is 16.8. The lowest BCUT2D eigenvalue weighted by Crippen LogP contribution is -2.16. The molecule has 6 heteroatoms. The summed E-state index contributed by atoms with van der Waals surface area (Å²) in [6, 6.07) is 18.8. The van der Waals surface area contributed by atoms with E-state index in [0.717, 1.165) is 6.42 Å². The number of hydrogen-bond acceptors (Lipinski definition) is 4. The topological polar surface area (TPSA) is 88.4 Å². The first-order valence-electron chi connectivity index (χ1n) is 10.2. The molecule has 0 unspecified atom stereocenters. The van der Waals surface area contributed by atoms with Crippen LogP contribution in [0, 0.1) is 11.8 Å². The minimum Gasteiger partial charge on any atom is -0.456 e. The second kappa shape index (κ2) is 7.40. The number of amides is 2. The van der Waals surface area contributed by atoms with E-state index in [1.54, 1.807) is 60.7 Å². The molecule has 0 saturated heterocycles. The van der Waals surface area contributed by atoms with Gasteiger partial charge in [0, 0.05) is 22.9 Å². The van der Waals surface area contributed by atoms with Crippen LogP contribution in [0.2, 0.25) is 0 Å². The van der Waals surface area contributed by atoms with Crippen LogP contribution >= 0.6 is 0 Å². The van der Waals surface area contributed by atoms with Gasteiger partial charge in [-0.1, -0.05) is 25.1 Å². The molecule has 1 fully saturated rings. The van der Waals surface area contributed by atoms with Crippen LogP contribution in [0.5, 0.6) is 0 Å². The summed E-state index contributed by atoms with van der Waals surface area (Å²) in [5, 5.41) is 6.58. The average molecular weight is 412 g/mol. The summed E-state index contributed by atoms with van der Waals surface area (Å²) in [4.78, 5) is 37.7. The minimum absolute atomic E-state index is 0.0152. The maximum Gasteiger partial charge on any atom is 0.255 e. The van der Waals surface area contributed by atoms with Gasteiger partial charge in [0.15, 0.2) is 0 Å². The van der Waals surface area contributed by atoms with Gasteiger partial charge in [-0.05, 0) is 60.9 Å². The van der Waals surface area contributed by atoms with Crippen molar-refractivity contribution in [3.05, 3.63) is 82.5 Å². The molecule has 1 aromatic heterocycles. The predicted molar refractivity (Wildman–Crippen MR) is 120 cm³/mol. The van der Waals surface area contributed by atoms with E-state index >= 15 is 0 Å². The van der Waals surface area contributed by atoms with E-state index in [2.05, 4.69) is 10.6 Å². The molecular weight excluding hydrogens is 392 g/mol. The lowest BCUT2D eigenvalue weighted by atomic mass is 10.1. The van der Waals surface area contributed by atoms with Crippen LogP contribution in [0.15, 0.2) is 75.9 Å². The Hall–Kier alpha value is -3.93. The summed E-state index contributed by atoms with van der Waals surface area (Å²) in [5.74, 6) is 0.117. The normalized spacial score (nSPS) is 17.5. The largest absolute Gasteiger partial charge is 0.456 e. The molecule has 0 spiro atoms. The summed E-state index contributed by atoms with van der Waals surface area (Å²) in [6.07, 6.45) is 0.900. The zero-order chi connectivity index (χ0) is 21.5. The predicted octanol–water partition coefficient (Wildman–Crippen LogP) is 4.79. The van der Waals surface area contributed by atoms with Crippen molar-refractivity contribution in [3.63, 3.8) is 0 Å². The third-order valence-corrected chi connectivity index (χ3v) is 5.67. The molecule has 2 atom stereocenters. The smallest absolute Gasteiger partial charge is 0.255 e. The van der Waals surface area contributed by atoms with Crippen molar-refractivity contribution in [2.75, 3.05) is 10.6 Å². The Balaban J connectivity index is 1.39. The highest BCUT2D eigenvalue weighted by atomic mass is 16.3. The highest BCUT2D eigenvalue weighted by Crippen LogP contribution is 2.38. The van der Waals surface area contributed by atoms with Crippen LogP contribution in [0.3, 0.4) is 0 Å². The highest BCUT2D eigenvalue weighted by Gasteiger charge is 2.39. The number of nitrogens with one attached hydrogen (secondary N) is 2. The fraction of sp³-hybridized carbons (Fsp3) is 0.160. The van der Waals surface area contributed by atoms with Crippen molar-refractivity contribution in [1.29, 1.82) is 0 Å². The fourth-order valence-corrected chi connectivity index (χ4v) is 3.74. The van der Waals surface area contributed by atoms with Crippen LogP contribution in [0.4, 0.5) is 11.4 Å². The first-order chi connectivity index (χ1) is 15.0. The van der Waals surface area contributed by atoms with Gasteiger partial charge in [-0.25, -0.2) is 0 Å². The first-order valence-corrected chi connectivity index (χ1v) is 10.2. The molecule has 1 heterocycles.